The van der Waals surface area contributed by atoms with Crippen molar-refractivity contribution in [2.45, 2.75) is 13.5 Å². The molecule has 154 valence electrons. The fourth-order valence-corrected chi connectivity index (χ4v) is 4.77. The molecule has 4 aromatic rings. The Hall–Kier alpha value is -3.61. The monoisotopic (exact) mass is 447 g/mol. The van der Waals surface area contributed by atoms with Crippen LogP contribution in [0.25, 0.3) is 20.5 Å². The lowest BCUT2D eigenvalue weighted by Gasteiger charge is -2.08. The van der Waals surface area contributed by atoms with Gasteiger partial charge in [0.15, 0.2) is 0 Å². The van der Waals surface area contributed by atoms with E-state index < -0.39 is 0 Å². The maximum absolute atomic E-state index is 12.3. The van der Waals surface area contributed by atoms with Gasteiger partial charge in [-0.3, -0.25) is 9.59 Å². The van der Waals surface area contributed by atoms with Crippen molar-refractivity contribution in [3.63, 3.8) is 0 Å². The number of rotatable bonds is 6. The Morgan fingerprint density at radius 2 is 2.00 bits per heavy atom. The zero-order valence-corrected chi connectivity index (χ0v) is 18.2. The van der Waals surface area contributed by atoms with Gasteiger partial charge in [0.1, 0.15) is 10.7 Å². The number of hydrogen-bond acceptors (Lipinski definition) is 7. The average Bonchev–Trinajstić information content (AvgIpc) is 3.45. The van der Waals surface area contributed by atoms with Crippen LogP contribution in [0, 0.1) is 18.3 Å². The van der Waals surface area contributed by atoms with E-state index in [-0.39, 0.29) is 24.6 Å². The summed E-state index contributed by atoms with van der Waals surface area (Å²) < 4.78 is 1.35. The van der Waals surface area contributed by atoms with Gasteiger partial charge in [-0.2, -0.15) is 10.4 Å². The van der Waals surface area contributed by atoms with E-state index in [1.54, 1.807) is 53.0 Å². The summed E-state index contributed by atoms with van der Waals surface area (Å²) in [6.45, 7) is 2.42. The van der Waals surface area contributed by atoms with Crippen LogP contribution in [0.3, 0.4) is 0 Å². The highest BCUT2D eigenvalue weighted by Gasteiger charge is 2.14. The van der Waals surface area contributed by atoms with Gasteiger partial charge in [0.05, 0.1) is 33.6 Å². The summed E-state index contributed by atoms with van der Waals surface area (Å²) in [5.41, 5.74) is 2.24. The van der Waals surface area contributed by atoms with Crippen molar-refractivity contribution < 1.29 is 4.79 Å². The number of benzene rings is 1. The molecule has 0 spiro atoms. The fraction of sp³-hybridized carbons (Fsp3) is 0.136. The van der Waals surface area contributed by atoms with Crippen molar-refractivity contribution in [2.75, 3.05) is 6.54 Å². The quantitative estimate of drug-likeness (QED) is 0.486. The van der Waals surface area contributed by atoms with Crippen LogP contribution in [0.5, 0.6) is 0 Å². The number of amides is 1. The minimum atomic E-state index is -0.271. The molecule has 9 heteroatoms. The van der Waals surface area contributed by atoms with E-state index in [1.165, 1.54) is 10.7 Å². The van der Waals surface area contributed by atoms with Crippen LogP contribution < -0.4 is 10.9 Å². The summed E-state index contributed by atoms with van der Waals surface area (Å²) >= 11 is 3.17. The summed E-state index contributed by atoms with van der Waals surface area (Å²) in [6.07, 6.45) is 0. The van der Waals surface area contributed by atoms with E-state index in [0.29, 0.717) is 16.8 Å². The molecule has 3 aromatic heterocycles. The maximum atomic E-state index is 12.3. The smallest absolute Gasteiger partial charge is 0.266 e. The SMILES string of the molecule is Cc1nc(-c2cccs2)sc1-c1ccc(=O)n(CCNC(=O)c2ccc(C#N)cc2)n1. The third-order valence-electron chi connectivity index (χ3n) is 4.51. The second-order valence-electron chi connectivity index (χ2n) is 6.64. The molecule has 0 fully saturated rings. The molecule has 0 aliphatic carbocycles. The first-order valence-corrected chi connectivity index (χ1v) is 11.1. The molecule has 1 amide bonds. The third kappa shape index (κ3) is 4.60. The lowest BCUT2D eigenvalue weighted by Crippen LogP contribution is -2.31. The van der Waals surface area contributed by atoms with Gasteiger partial charge in [-0.25, -0.2) is 9.67 Å². The second kappa shape index (κ2) is 9.04. The van der Waals surface area contributed by atoms with Crippen LogP contribution in [0.2, 0.25) is 0 Å². The Labute approximate surface area is 186 Å². The zero-order chi connectivity index (χ0) is 21.8. The number of nitriles is 1. The van der Waals surface area contributed by atoms with Crippen LogP contribution in [0.15, 0.2) is 58.7 Å². The Bertz CT molecular complexity index is 1320. The zero-order valence-electron chi connectivity index (χ0n) is 16.5. The maximum Gasteiger partial charge on any atom is 0.266 e. The van der Waals surface area contributed by atoms with Crippen LogP contribution >= 0.6 is 22.7 Å². The third-order valence-corrected chi connectivity index (χ3v) is 6.73. The molecule has 0 unspecified atom stereocenters. The summed E-state index contributed by atoms with van der Waals surface area (Å²) in [5, 5.41) is 19.0. The van der Waals surface area contributed by atoms with E-state index >= 15 is 0 Å². The molecule has 7 nitrogen and oxygen atoms in total. The molecular formula is C22H17N5O2S2. The van der Waals surface area contributed by atoms with Crippen molar-refractivity contribution in [2.24, 2.45) is 0 Å². The first-order chi connectivity index (χ1) is 15.0. The van der Waals surface area contributed by atoms with E-state index in [1.807, 2.05) is 30.5 Å². The molecule has 0 aliphatic heterocycles. The molecule has 0 saturated heterocycles. The molecule has 0 aliphatic rings. The number of nitrogens with zero attached hydrogens (tertiary/aromatic N) is 4. The molecule has 0 radical (unpaired) electrons. The van der Waals surface area contributed by atoms with E-state index in [9.17, 15) is 9.59 Å². The first-order valence-electron chi connectivity index (χ1n) is 9.43. The molecule has 0 atom stereocenters. The molecule has 4 rings (SSSR count). The molecule has 0 bridgehead atoms. The molecule has 0 saturated carbocycles. The van der Waals surface area contributed by atoms with E-state index in [4.69, 9.17) is 5.26 Å². The second-order valence-corrected chi connectivity index (χ2v) is 8.58. The van der Waals surface area contributed by atoms with E-state index in [0.717, 1.165) is 20.5 Å². The summed E-state index contributed by atoms with van der Waals surface area (Å²) in [4.78, 5) is 31.2. The van der Waals surface area contributed by atoms with Crippen molar-refractivity contribution in [1.29, 1.82) is 5.26 Å². The van der Waals surface area contributed by atoms with E-state index in [2.05, 4.69) is 15.4 Å². The highest BCUT2D eigenvalue weighted by Crippen LogP contribution is 2.35. The van der Waals surface area contributed by atoms with Crippen LogP contribution in [0.4, 0.5) is 0 Å². The minimum absolute atomic E-state index is 0.239. The van der Waals surface area contributed by atoms with Crippen LogP contribution in [-0.4, -0.2) is 27.2 Å². The lowest BCUT2D eigenvalue weighted by molar-refractivity contribution is 0.0951. The van der Waals surface area contributed by atoms with Gasteiger partial charge < -0.3 is 5.32 Å². The number of nitrogens with one attached hydrogen (secondary N) is 1. The number of carbonyl (C=O) groups is 1. The molecular weight excluding hydrogens is 430 g/mol. The van der Waals surface area contributed by atoms with Gasteiger partial charge in [0.25, 0.3) is 11.5 Å². The predicted octanol–water partition coefficient (Wildman–Crippen LogP) is 3.71. The number of aryl methyl sites for hydroxylation is 1. The molecule has 31 heavy (non-hydrogen) atoms. The van der Waals surface area contributed by atoms with Gasteiger partial charge >= 0.3 is 0 Å². The summed E-state index contributed by atoms with van der Waals surface area (Å²) in [7, 11) is 0. The largest absolute Gasteiger partial charge is 0.350 e. The summed E-state index contributed by atoms with van der Waals surface area (Å²) in [6, 6.07) is 15.6. The first kappa shape index (κ1) is 20.7. The van der Waals surface area contributed by atoms with Gasteiger partial charge in [-0.05, 0) is 48.7 Å². The van der Waals surface area contributed by atoms with Crippen molar-refractivity contribution in [1.82, 2.24) is 20.1 Å². The van der Waals surface area contributed by atoms with Crippen molar-refractivity contribution in [3.8, 4) is 26.5 Å². The number of carbonyl (C=O) groups excluding carboxylic acids is 1. The van der Waals surface area contributed by atoms with Gasteiger partial charge in [0.2, 0.25) is 0 Å². The Balaban J connectivity index is 1.47. The van der Waals surface area contributed by atoms with Gasteiger partial charge in [0, 0.05) is 18.2 Å². The van der Waals surface area contributed by atoms with Gasteiger partial charge in [-0.1, -0.05) is 6.07 Å². The molecule has 3 heterocycles. The topological polar surface area (TPSA) is 101 Å². The van der Waals surface area contributed by atoms with Gasteiger partial charge in [-0.15, -0.1) is 22.7 Å². The van der Waals surface area contributed by atoms with Crippen LogP contribution in [-0.2, 0) is 6.54 Å². The lowest BCUT2D eigenvalue weighted by atomic mass is 10.1. The standard InChI is InChI=1S/C22H17N5O2S2/c1-14-20(31-22(25-14)18-3-2-12-30-18)17-8-9-19(28)27(26-17)11-10-24-21(29)16-6-4-15(13-23)5-7-16/h2-9,12H,10-11H2,1H3,(H,24,29). The average molecular weight is 448 g/mol. The minimum Gasteiger partial charge on any atom is -0.350 e. The number of thiophene rings is 1. The number of aromatic nitrogens is 3. The number of hydrogen-bond donors (Lipinski definition) is 1. The normalized spacial score (nSPS) is 10.6. The Morgan fingerprint density at radius 1 is 1.19 bits per heavy atom. The molecule has 1 N–H and O–H groups in total. The van der Waals surface area contributed by atoms with Crippen molar-refractivity contribution in [3.05, 3.63) is 81.1 Å². The Kier molecular flexibility index (Phi) is 6.02. The summed E-state index contributed by atoms with van der Waals surface area (Å²) in [5.74, 6) is -0.271. The van der Waals surface area contributed by atoms with Crippen LogP contribution in [0.1, 0.15) is 21.6 Å². The fourth-order valence-electron chi connectivity index (χ4n) is 2.94. The highest BCUT2D eigenvalue weighted by molar-refractivity contribution is 7.23. The number of thiazole rings is 1. The van der Waals surface area contributed by atoms with Crippen molar-refractivity contribution >= 4 is 28.6 Å². The highest BCUT2D eigenvalue weighted by atomic mass is 32.1. The Morgan fingerprint density at radius 3 is 2.71 bits per heavy atom. The molecule has 1 aromatic carbocycles. The predicted molar refractivity (Wildman–Crippen MR) is 121 cm³/mol.